The van der Waals surface area contributed by atoms with Crippen LogP contribution >= 0.6 is 0 Å². The molecule has 2 unspecified atom stereocenters. The average Bonchev–Trinajstić information content (AvgIpc) is 3.41. The fourth-order valence-electron chi connectivity index (χ4n) is 5.22. The number of benzene rings is 1. The van der Waals surface area contributed by atoms with Gasteiger partial charge in [-0.1, -0.05) is 42.5 Å². The van der Waals surface area contributed by atoms with Gasteiger partial charge in [0, 0.05) is 37.3 Å². The lowest BCUT2D eigenvalue weighted by Gasteiger charge is -2.45. The van der Waals surface area contributed by atoms with E-state index in [1.165, 1.54) is 16.7 Å². The number of imidazole rings is 1. The van der Waals surface area contributed by atoms with Crippen LogP contribution in [0.2, 0.25) is 0 Å². The maximum atomic E-state index is 6.55. The number of pyridine rings is 2. The van der Waals surface area contributed by atoms with E-state index in [1.54, 1.807) is 6.33 Å². The summed E-state index contributed by atoms with van der Waals surface area (Å²) in [4.78, 5) is 19.8. The number of hydrogen-bond acceptors (Lipinski definition) is 5. The molecule has 0 saturated carbocycles. The molecule has 2 atom stereocenters. The molecule has 0 aliphatic carbocycles. The molecule has 1 N–H and O–H groups in total. The van der Waals surface area contributed by atoms with E-state index in [9.17, 15) is 0 Å². The molecule has 5 rings (SSSR count). The monoisotopic (exact) mass is 467 g/mol. The molecular weight excluding hydrogens is 434 g/mol. The second-order valence-electron chi connectivity index (χ2n) is 9.40. The van der Waals surface area contributed by atoms with Crippen LogP contribution in [0.25, 0.3) is 0 Å². The van der Waals surface area contributed by atoms with Crippen LogP contribution < -0.4 is 0 Å². The maximum absolute atomic E-state index is 6.55. The lowest BCUT2D eigenvalue weighted by atomic mass is 9.86. The van der Waals surface area contributed by atoms with E-state index in [-0.39, 0.29) is 18.2 Å². The predicted molar refractivity (Wildman–Crippen MR) is 137 cm³/mol. The number of rotatable bonds is 8. The largest absolute Gasteiger partial charge is 0.373 e. The molecule has 0 radical (unpaired) electrons. The molecule has 0 spiro atoms. The molecule has 1 fully saturated rings. The number of nitrogens with zero attached hydrogens (tertiary/aromatic N) is 4. The molecule has 1 aliphatic heterocycles. The van der Waals surface area contributed by atoms with Crippen molar-refractivity contribution in [3.8, 4) is 0 Å². The highest BCUT2D eigenvalue weighted by Crippen LogP contribution is 2.43. The highest BCUT2D eigenvalue weighted by Gasteiger charge is 2.39. The molecule has 180 valence electrons. The Morgan fingerprint density at radius 2 is 1.54 bits per heavy atom. The maximum Gasteiger partial charge on any atom is 0.0921 e. The Balaban J connectivity index is 1.49. The zero-order chi connectivity index (χ0) is 24.0. The molecule has 1 saturated heterocycles. The van der Waals surface area contributed by atoms with Gasteiger partial charge in [-0.3, -0.25) is 14.9 Å². The van der Waals surface area contributed by atoms with Crippen molar-refractivity contribution in [1.29, 1.82) is 0 Å². The molecule has 35 heavy (non-hydrogen) atoms. The van der Waals surface area contributed by atoms with E-state index in [2.05, 4.69) is 65.1 Å². The van der Waals surface area contributed by atoms with Crippen molar-refractivity contribution in [3.05, 3.63) is 113 Å². The molecule has 4 aromatic rings. The van der Waals surface area contributed by atoms with Gasteiger partial charge in [-0.05, 0) is 55.5 Å². The van der Waals surface area contributed by atoms with Gasteiger partial charge in [0.2, 0.25) is 0 Å². The van der Waals surface area contributed by atoms with Crippen molar-refractivity contribution < 1.29 is 4.74 Å². The van der Waals surface area contributed by atoms with Crippen molar-refractivity contribution >= 4 is 0 Å². The third-order valence-electron chi connectivity index (χ3n) is 7.03. The summed E-state index contributed by atoms with van der Waals surface area (Å²) in [5, 5.41) is 0. The first-order valence-electron chi connectivity index (χ1n) is 12.4. The van der Waals surface area contributed by atoms with Crippen molar-refractivity contribution in [2.75, 3.05) is 6.54 Å². The van der Waals surface area contributed by atoms with E-state index in [1.807, 2.05) is 36.8 Å². The summed E-state index contributed by atoms with van der Waals surface area (Å²) in [5.74, 6) is 0. The van der Waals surface area contributed by atoms with Gasteiger partial charge in [0.25, 0.3) is 0 Å². The topological polar surface area (TPSA) is 66.9 Å². The number of aromatic nitrogens is 4. The van der Waals surface area contributed by atoms with E-state index in [4.69, 9.17) is 14.7 Å². The molecule has 4 heterocycles. The van der Waals surface area contributed by atoms with Crippen LogP contribution in [0.4, 0.5) is 0 Å². The predicted octanol–water partition coefficient (Wildman–Crippen LogP) is 5.52. The first kappa shape index (κ1) is 23.4. The quantitative estimate of drug-likeness (QED) is 0.369. The zero-order valence-electron chi connectivity index (χ0n) is 20.5. The van der Waals surface area contributed by atoms with Gasteiger partial charge in [-0.15, -0.1) is 0 Å². The number of H-pyrrole nitrogens is 1. The van der Waals surface area contributed by atoms with Gasteiger partial charge in [-0.2, -0.15) is 0 Å². The summed E-state index contributed by atoms with van der Waals surface area (Å²) in [6.45, 7) is 5.81. The fraction of sp³-hybridized carbons (Fsp3) is 0.345. The van der Waals surface area contributed by atoms with Gasteiger partial charge in [0.05, 0.1) is 42.5 Å². The van der Waals surface area contributed by atoms with Crippen molar-refractivity contribution in [1.82, 2.24) is 24.8 Å². The Morgan fingerprint density at radius 3 is 2.11 bits per heavy atom. The number of hydrogen-bond donors (Lipinski definition) is 1. The molecule has 0 bridgehead atoms. The molecule has 6 heteroatoms. The molecule has 1 aliphatic rings. The Kier molecular flexibility index (Phi) is 7.31. The van der Waals surface area contributed by atoms with Gasteiger partial charge in [-0.25, -0.2) is 4.98 Å². The van der Waals surface area contributed by atoms with Gasteiger partial charge < -0.3 is 9.72 Å². The second kappa shape index (κ2) is 10.9. The SMILES string of the molecule is Cc1cccnc1C1CC(OCc2ccccc2)CC(c2ncccc2C)N1CCc1cnc[nH]1. The number of piperidine rings is 1. The van der Waals surface area contributed by atoms with Crippen molar-refractivity contribution in [3.63, 3.8) is 0 Å². The van der Waals surface area contributed by atoms with Crippen molar-refractivity contribution in [2.24, 2.45) is 0 Å². The minimum absolute atomic E-state index is 0.108. The van der Waals surface area contributed by atoms with E-state index < -0.39 is 0 Å². The van der Waals surface area contributed by atoms with Gasteiger partial charge >= 0.3 is 0 Å². The number of ether oxygens (including phenoxy) is 1. The molecule has 1 aromatic carbocycles. The van der Waals surface area contributed by atoms with E-state index in [0.29, 0.717) is 6.61 Å². The first-order chi connectivity index (χ1) is 17.2. The average molecular weight is 468 g/mol. The van der Waals surface area contributed by atoms with Crippen LogP contribution in [-0.2, 0) is 17.8 Å². The van der Waals surface area contributed by atoms with E-state index in [0.717, 1.165) is 42.9 Å². The van der Waals surface area contributed by atoms with Gasteiger partial charge in [0.15, 0.2) is 0 Å². The second-order valence-corrected chi connectivity index (χ2v) is 9.40. The van der Waals surface area contributed by atoms with Crippen LogP contribution in [0.1, 0.15) is 58.7 Å². The van der Waals surface area contributed by atoms with Gasteiger partial charge in [0.1, 0.15) is 0 Å². The highest BCUT2D eigenvalue weighted by atomic mass is 16.5. The Labute approximate surface area is 207 Å². The number of aromatic amines is 1. The fourth-order valence-corrected chi connectivity index (χ4v) is 5.22. The Morgan fingerprint density at radius 1 is 0.886 bits per heavy atom. The molecule has 3 aromatic heterocycles. The minimum Gasteiger partial charge on any atom is -0.373 e. The first-order valence-corrected chi connectivity index (χ1v) is 12.4. The summed E-state index contributed by atoms with van der Waals surface area (Å²) < 4.78 is 6.55. The standard InChI is InChI=1S/C29H33N5O/c1-21-8-6-13-31-28(21)26-16-25(35-19-23-10-4-3-5-11-23)17-27(29-22(2)9-7-14-32-29)34(26)15-12-24-18-30-20-33-24/h3-11,13-14,18,20,25-27H,12,15-17,19H2,1-2H3,(H,30,33). The number of likely N-dealkylation sites (tertiary alicyclic amines) is 1. The summed E-state index contributed by atoms with van der Waals surface area (Å²) in [5.41, 5.74) is 7.02. The summed E-state index contributed by atoms with van der Waals surface area (Å²) >= 11 is 0. The number of aryl methyl sites for hydroxylation is 2. The van der Waals surface area contributed by atoms with Crippen LogP contribution in [-0.4, -0.2) is 37.5 Å². The van der Waals surface area contributed by atoms with Crippen LogP contribution in [0.3, 0.4) is 0 Å². The summed E-state index contributed by atoms with van der Waals surface area (Å²) in [6, 6.07) is 19.0. The summed E-state index contributed by atoms with van der Waals surface area (Å²) in [7, 11) is 0. The minimum atomic E-state index is 0.108. The lowest BCUT2D eigenvalue weighted by molar-refractivity contribution is -0.0533. The third-order valence-corrected chi connectivity index (χ3v) is 7.03. The normalized spacial score (nSPS) is 20.7. The van der Waals surface area contributed by atoms with Crippen molar-refractivity contribution in [2.45, 2.75) is 57.9 Å². The third kappa shape index (κ3) is 5.50. The molecule has 6 nitrogen and oxygen atoms in total. The highest BCUT2D eigenvalue weighted by molar-refractivity contribution is 5.27. The zero-order valence-corrected chi connectivity index (χ0v) is 20.5. The number of nitrogens with one attached hydrogen (secondary N) is 1. The molecular formula is C29H33N5O. The van der Waals surface area contributed by atoms with Crippen LogP contribution in [0.5, 0.6) is 0 Å². The van der Waals surface area contributed by atoms with E-state index >= 15 is 0 Å². The van der Waals surface area contributed by atoms with Crippen LogP contribution in [0, 0.1) is 13.8 Å². The Bertz CT molecular complexity index is 1160. The molecule has 0 amide bonds. The van der Waals surface area contributed by atoms with Crippen LogP contribution in [0.15, 0.2) is 79.5 Å². The summed E-state index contributed by atoms with van der Waals surface area (Å²) in [6.07, 6.45) is 10.3. The smallest absolute Gasteiger partial charge is 0.0921 e. The Hall–Kier alpha value is -3.35. The lowest BCUT2D eigenvalue weighted by Crippen LogP contribution is -2.44.